The van der Waals surface area contributed by atoms with Gasteiger partial charge in [0.05, 0.1) is 0 Å². The Balaban J connectivity index is 2.08. The summed E-state index contributed by atoms with van der Waals surface area (Å²) in [6, 6.07) is 8.25. The Hall–Kier alpha value is -0.890. The van der Waals surface area contributed by atoms with E-state index in [2.05, 4.69) is 28.1 Å². The molecule has 0 aromatic heterocycles. The van der Waals surface area contributed by atoms with E-state index in [0.29, 0.717) is 6.42 Å². The first-order valence-electron chi connectivity index (χ1n) is 4.71. The van der Waals surface area contributed by atoms with Crippen molar-refractivity contribution in [2.75, 3.05) is 0 Å². The van der Waals surface area contributed by atoms with E-state index in [9.17, 15) is 4.79 Å². The molecular formula is C12H11BrO. The molecule has 0 fully saturated rings. The van der Waals surface area contributed by atoms with Gasteiger partial charge in [0.1, 0.15) is 0 Å². The van der Waals surface area contributed by atoms with Crippen LogP contribution in [-0.4, -0.2) is 5.78 Å². The minimum atomic E-state index is 0.275. The summed E-state index contributed by atoms with van der Waals surface area (Å²) in [5.41, 5.74) is 2.53. The molecule has 0 aliphatic heterocycles. The van der Waals surface area contributed by atoms with Crippen LogP contribution < -0.4 is 0 Å². The Morgan fingerprint density at radius 1 is 1.14 bits per heavy atom. The van der Waals surface area contributed by atoms with Crippen molar-refractivity contribution in [3.05, 3.63) is 46.0 Å². The molecule has 14 heavy (non-hydrogen) atoms. The van der Waals surface area contributed by atoms with Gasteiger partial charge in [-0.3, -0.25) is 4.79 Å². The van der Waals surface area contributed by atoms with Crippen LogP contribution in [0.5, 0.6) is 0 Å². The van der Waals surface area contributed by atoms with Gasteiger partial charge in [-0.1, -0.05) is 33.6 Å². The van der Waals surface area contributed by atoms with Crippen molar-refractivity contribution in [3.63, 3.8) is 0 Å². The first-order chi connectivity index (χ1) is 6.74. The molecule has 0 N–H and O–H groups in total. The lowest BCUT2D eigenvalue weighted by Gasteiger charge is -2.01. The molecule has 0 atom stereocenters. The smallest absolute Gasteiger partial charge is 0.155 e. The maximum absolute atomic E-state index is 11.0. The summed E-state index contributed by atoms with van der Waals surface area (Å²) >= 11 is 3.40. The Morgan fingerprint density at radius 3 is 2.43 bits per heavy atom. The summed E-state index contributed by atoms with van der Waals surface area (Å²) in [5, 5.41) is 0. The quantitative estimate of drug-likeness (QED) is 0.788. The van der Waals surface area contributed by atoms with Crippen molar-refractivity contribution in [3.8, 4) is 0 Å². The lowest BCUT2D eigenvalue weighted by molar-refractivity contribution is -0.114. The van der Waals surface area contributed by atoms with Gasteiger partial charge in [-0.25, -0.2) is 0 Å². The second kappa shape index (κ2) is 4.09. The highest BCUT2D eigenvalue weighted by Crippen LogP contribution is 2.20. The fraction of sp³-hybridized carbons (Fsp3) is 0.250. The topological polar surface area (TPSA) is 17.1 Å². The lowest BCUT2D eigenvalue weighted by atomic mass is 10.1. The minimum absolute atomic E-state index is 0.275. The summed E-state index contributed by atoms with van der Waals surface area (Å²) in [6.07, 6.45) is 4.35. The predicted molar refractivity (Wildman–Crippen MR) is 60.2 cm³/mol. The van der Waals surface area contributed by atoms with Crippen LogP contribution in [0.25, 0.3) is 0 Å². The average molecular weight is 251 g/mol. The van der Waals surface area contributed by atoms with Gasteiger partial charge in [0, 0.05) is 10.9 Å². The number of ketones is 1. The first-order valence-corrected chi connectivity index (χ1v) is 5.50. The van der Waals surface area contributed by atoms with Gasteiger partial charge in [0.2, 0.25) is 0 Å². The van der Waals surface area contributed by atoms with Crippen LogP contribution in [0.1, 0.15) is 18.4 Å². The highest BCUT2D eigenvalue weighted by Gasteiger charge is 2.11. The number of allylic oxidation sites excluding steroid dienone is 2. The Labute approximate surface area is 92.0 Å². The number of halogens is 1. The van der Waals surface area contributed by atoms with E-state index >= 15 is 0 Å². The van der Waals surface area contributed by atoms with Crippen LogP contribution >= 0.6 is 15.9 Å². The van der Waals surface area contributed by atoms with E-state index in [1.807, 2.05) is 12.1 Å². The Kier molecular flexibility index (Phi) is 2.82. The molecular weight excluding hydrogens is 240 g/mol. The monoisotopic (exact) mass is 250 g/mol. The molecule has 2 rings (SSSR count). The molecule has 0 heterocycles. The summed E-state index contributed by atoms with van der Waals surface area (Å²) in [7, 11) is 0. The van der Waals surface area contributed by atoms with E-state index in [1.165, 1.54) is 11.1 Å². The molecule has 72 valence electrons. The van der Waals surface area contributed by atoms with Crippen LogP contribution in [0, 0.1) is 0 Å². The van der Waals surface area contributed by atoms with Gasteiger partial charge in [-0.15, -0.1) is 0 Å². The fourth-order valence-electron chi connectivity index (χ4n) is 1.66. The van der Waals surface area contributed by atoms with Gasteiger partial charge in [-0.2, -0.15) is 0 Å². The molecule has 0 saturated carbocycles. The average Bonchev–Trinajstić information content (AvgIpc) is 2.56. The summed E-state index contributed by atoms with van der Waals surface area (Å²) < 4.78 is 1.10. The molecule has 1 aromatic carbocycles. The number of hydrogen-bond acceptors (Lipinski definition) is 1. The predicted octanol–water partition coefficient (Wildman–Crippen LogP) is 3.28. The molecule has 0 saturated heterocycles. The largest absolute Gasteiger partial charge is 0.295 e. The van der Waals surface area contributed by atoms with E-state index in [0.717, 1.165) is 17.3 Å². The van der Waals surface area contributed by atoms with Crippen LogP contribution in [0.3, 0.4) is 0 Å². The third kappa shape index (κ3) is 2.32. The maximum Gasteiger partial charge on any atom is 0.155 e. The summed E-state index contributed by atoms with van der Waals surface area (Å²) in [4.78, 5) is 11.0. The SMILES string of the molecule is O=C1C=C(Cc2ccc(Br)cc2)CC1. The van der Waals surface area contributed by atoms with Crippen molar-refractivity contribution in [1.29, 1.82) is 0 Å². The second-order valence-corrected chi connectivity index (χ2v) is 4.49. The van der Waals surface area contributed by atoms with Crippen molar-refractivity contribution in [2.45, 2.75) is 19.3 Å². The van der Waals surface area contributed by atoms with Crippen LogP contribution in [0.15, 0.2) is 40.4 Å². The Bertz CT molecular complexity index is 376. The number of benzene rings is 1. The zero-order valence-corrected chi connectivity index (χ0v) is 9.38. The van der Waals surface area contributed by atoms with Crippen LogP contribution in [0.2, 0.25) is 0 Å². The molecule has 2 heteroatoms. The number of carbonyl (C=O) groups excluding carboxylic acids is 1. The lowest BCUT2D eigenvalue weighted by Crippen LogP contribution is -1.86. The van der Waals surface area contributed by atoms with Gasteiger partial charge in [-0.05, 0) is 36.6 Å². The van der Waals surface area contributed by atoms with E-state index in [-0.39, 0.29) is 5.78 Å². The zero-order valence-electron chi connectivity index (χ0n) is 7.79. The van der Waals surface area contributed by atoms with Gasteiger partial charge in [0.25, 0.3) is 0 Å². The highest BCUT2D eigenvalue weighted by atomic mass is 79.9. The number of hydrogen-bond donors (Lipinski definition) is 0. The molecule has 0 radical (unpaired) electrons. The number of rotatable bonds is 2. The van der Waals surface area contributed by atoms with E-state index in [1.54, 1.807) is 6.08 Å². The molecule has 0 bridgehead atoms. The van der Waals surface area contributed by atoms with Gasteiger partial charge in [0.15, 0.2) is 5.78 Å². The first kappa shape index (κ1) is 9.66. The second-order valence-electron chi connectivity index (χ2n) is 3.57. The molecule has 1 aliphatic rings. The fourth-order valence-corrected chi connectivity index (χ4v) is 1.92. The van der Waals surface area contributed by atoms with Crippen molar-refractivity contribution < 1.29 is 4.79 Å². The summed E-state index contributed by atoms with van der Waals surface area (Å²) in [5.74, 6) is 0.275. The molecule has 1 aliphatic carbocycles. The zero-order chi connectivity index (χ0) is 9.97. The maximum atomic E-state index is 11.0. The standard InChI is InChI=1S/C12H11BrO/c13-11-4-1-9(2-5-11)7-10-3-6-12(14)8-10/h1-2,4-5,8H,3,6-7H2. The minimum Gasteiger partial charge on any atom is -0.295 e. The van der Waals surface area contributed by atoms with E-state index in [4.69, 9.17) is 0 Å². The number of carbonyl (C=O) groups is 1. The molecule has 1 aromatic rings. The third-order valence-electron chi connectivity index (χ3n) is 2.40. The Morgan fingerprint density at radius 2 is 1.86 bits per heavy atom. The molecule has 0 amide bonds. The van der Waals surface area contributed by atoms with Gasteiger partial charge < -0.3 is 0 Å². The van der Waals surface area contributed by atoms with Crippen molar-refractivity contribution >= 4 is 21.7 Å². The third-order valence-corrected chi connectivity index (χ3v) is 2.93. The van der Waals surface area contributed by atoms with E-state index < -0.39 is 0 Å². The molecule has 1 nitrogen and oxygen atoms in total. The normalized spacial score (nSPS) is 15.8. The van der Waals surface area contributed by atoms with Crippen molar-refractivity contribution in [2.24, 2.45) is 0 Å². The van der Waals surface area contributed by atoms with Crippen LogP contribution in [0.4, 0.5) is 0 Å². The summed E-state index contributed by atoms with van der Waals surface area (Å²) in [6.45, 7) is 0. The van der Waals surface area contributed by atoms with Crippen molar-refractivity contribution in [1.82, 2.24) is 0 Å². The van der Waals surface area contributed by atoms with Gasteiger partial charge >= 0.3 is 0 Å². The molecule has 0 unspecified atom stereocenters. The highest BCUT2D eigenvalue weighted by molar-refractivity contribution is 9.10. The van der Waals surface area contributed by atoms with Crippen LogP contribution in [-0.2, 0) is 11.2 Å². The molecule has 0 spiro atoms.